The smallest absolute Gasteiger partial charge is 0.416 e. The summed E-state index contributed by atoms with van der Waals surface area (Å²) in [5.74, 6) is 0.136. The van der Waals surface area contributed by atoms with Crippen molar-refractivity contribution in [3.8, 4) is 0 Å². The Labute approximate surface area is 166 Å². The van der Waals surface area contributed by atoms with Crippen LogP contribution in [0.1, 0.15) is 48.1 Å². The van der Waals surface area contributed by atoms with Crippen molar-refractivity contribution in [3.05, 3.63) is 53.6 Å². The van der Waals surface area contributed by atoms with E-state index in [1.54, 1.807) is 12.3 Å². The van der Waals surface area contributed by atoms with E-state index in [0.29, 0.717) is 29.9 Å². The molecule has 2 amide bonds. The number of carbonyl (C=O) groups is 2. The highest BCUT2D eigenvalue weighted by Gasteiger charge is 2.38. The maximum absolute atomic E-state index is 12.9. The first-order chi connectivity index (χ1) is 13.9. The minimum atomic E-state index is -0.488. The number of hydrogen-bond donors (Lipinski definition) is 1. The van der Waals surface area contributed by atoms with Crippen molar-refractivity contribution in [2.45, 2.75) is 38.3 Å². The SMILES string of the molecule is CC1(C)CCc2cccc(n2)C2COC(=O)N2c2ccn3ncc(c3n2)C(=O)N1. The van der Waals surface area contributed by atoms with Gasteiger partial charge < -0.3 is 10.1 Å². The molecule has 148 valence electrons. The fraction of sp³-hybridized carbons (Fsp3) is 0.350. The van der Waals surface area contributed by atoms with Crippen LogP contribution in [0, 0.1) is 0 Å². The zero-order valence-electron chi connectivity index (χ0n) is 16.1. The Morgan fingerprint density at radius 3 is 2.93 bits per heavy atom. The zero-order chi connectivity index (χ0) is 20.2. The molecule has 9 heteroatoms. The first kappa shape index (κ1) is 17.6. The number of nitrogens with zero attached hydrogens (tertiary/aromatic N) is 5. The molecule has 4 bridgehead atoms. The number of aromatic nitrogens is 4. The van der Waals surface area contributed by atoms with Gasteiger partial charge >= 0.3 is 6.09 Å². The van der Waals surface area contributed by atoms with Gasteiger partial charge in [0, 0.05) is 17.4 Å². The number of nitrogens with one attached hydrogen (secondary N) is 1. The van der Waals surface area contributed by atoms with Crippen molar-refractivity contribution in [3.63, 3.8) is 0 Å². The van der Waals surface area contributed by atoms with E-state index in [2.05, 4.69) is 15.4 Å². The van der Waals surface area contributed by atoms with Crippen molar-refractivity contribution in [2.24, 2.45) is 0 Å². The highest BCUT2D eigenvalue weighted by molar-refractivity contribution is 6.00. The molecule has 0 aliphatic carbocycles. The van der Waals surface area contributed by atoms with Gasteiger partial charge in [-0.15, -0.1) is 0 Å². The highest BCUT2D eigenvalue weighted by atomic mass is 16.6. The molecule has 1 N–H and O–H groups in total. The van der Waals surface area contributed by atoms with Crippen LogP contribution in [-0.4, -0.2) is 43.7 Å². The largest absolute Gasteiger partial charge is 0.446 e. The minimum Gasteiger partial charge on any atom is -0.446 e. The van der Waals surface area contributed by atoms with Gasteiger partial charge in [-0.05, 0) is 44.9 Å². The summed E-state index contributed by atoms with van der Waals surface area (Å²) in [7, 11) is 0. The normalized spacial score (nSPS) is 20.9. The number of aryl methyl sites for hydroxylation is 1. The summed E-state index contributed by atoms with van der Waals surface area (Å²) in [6.45, 7) is 4.16. The molecule has 1 atom stereocenters. The molecule has 1 saturated heterocycles. The number of hydrogen-bond acceptors (Lipinski definition) is 6. The number of amides is 2. The molecule has 5 heterocycles. The number of fused-ring (bicyclic) bond motifs is 6. The summed E-state index contributed by atoms with van der Waals surface area (Å²) >= 11 is 0. The topological polar surface area (TPSA) is 102 Å². The Morgan fingerprint density at radius 2 is 2.07 bits per heavy atom. The lowest BCUT2D eigenvalue weighted by atomic mass is 9.96. The molecule has 1 fully saturated rings. The molecule has 3 aromatic heterocycles. The first-order valence-electron chi connectivity index (χ1n) is 9.50. The van der Waals surface area contributed by atoms with Gasteiger partial charge in [-0.25, -0.2) is 19.2 Å². The second-order valence-corrected chi connectivity index (χ2v) is 7.97. The second-order valence-electron chi connectivity index (χ2n) is 7.97. The van der Waals surface area contributed by atoms with Gasteiger partial charge in [-0.2, -0.15) is 5.10 Å². The van der Waals surface area contributed by atoms with E-state index < -0.39 is 11.6 Å². The molecule has 0 aromatic carbocycles. The molecular weight excluding hydrogens is 372 g/mol. The van der Waals surface area contributed by atoms with E-state index in [1.165, 1.54) is 15.6 Å². The van der Waals surface area contributed by atoms with Gasteiger partial charge in [0.25, 0.3) is 5.91 Å². The predicted octanol–water partition coefficient (Wildman–Crippen LogP) is 2.28. The number of rotatable bonds is 0. The summed E-state index contributed by atoms with van der Waals surface area (Å²) in [5, 5.41) is 7.28. The lowest BCUT2D eigenvalue weighted by molar-refractivity contribution is 0.0910. The van der Waals surface area contributed by atoms with Crippen molar-refractivity contribution < 1.29 is 14.3 Å². The Bertz CT molecular complexity index is 1140. The number of carbonyl (C=O) groups excluding carboxylic acids is 2. The second kappa shape index (κ2) is 6.26. The van der Waals surface area contributed by atoms with Crippen LogP contribution >= 0.6 is 0 Å². The maximum Gasteiger partial charge on any atom is 0.416 e. The summed E-state index contributed by atoms with van der Waals surface area (Å²) in [5.41, 5.74) is 1.95. The van der Waals surface area contributed by atoms with Gasteiger partial charge in [0.1, 0.15) is 24.0 Å². The maximum atomic E-state index is 12.9. The van der Waals surface area contributed by atoms with Crippen molar-refractivity contribution in [2.75, 3.05) is 11.5 Å². The predicted molar refractivity (Wildman–Crippen MR) is 104 cm³/mol. The lowest BCUT2D eigenvalue weighted by Crippen LogP contribution is -2.43. The van der Waals surface area contributed by atoms with Gasteiger partial charge in [0.05, 0.1) is 11.9 Å². The van der Waals surface area contributed by atoms with Crippen LogP contribution in [-0.2, 0) is 11.2 Å². The van der Waals surface area contributed by atoms with E-state index in [9.17, 15) is 9.59 Å². The fourth-order valence-electron chi connectivity index (χ4n) is 3.75. The summed E-state index contributed by atoms with van der Waals surface area (Å²) in [4.78, 5) is 36.2. The van der Waals surface area contributed by atoms with E-state index in [0.717, 1.165) is 11.4 Å². The van der Waals surface area contributed by atoms with Gasteiger partial charge in [-0.1, -0.05) is 6.07 Å². The molecule has 2 aliphatic rings. The lowest BCUT2D eigenvalue weighted by Gasteiger charge is -2.26. The molecule has 9 nitrogen and oxygen atoms in total. The van der Waals surface area contributed by atoms with Gasteiger partial charge in [0.2, 0.25) is 0 Å². The zero-order valence-corrected chi connectivity index (χ0v) is 16.1. The molecule has 0 radical (unpaired) electrons. The molecule has 5 rings (SSSR count). The molecular formula is C20H20N6O3. The summed E-state index contributed by atoms with van der Waals surface area (Å²) in [6.07, 6.45) is 4.08. The van der Waals surface area contributed by atoms with Gasteiger partial charge in [0.15, 0.2) is 5.65 Å². The van der Waals surface area contributed by atoms with Crippen LogP contribution in [0.3, 0.4) is 0 Å². The molecule has 3 aromatic rings. The van der Waals surface area contributed by atoms with Crippen LogP contribution in [0.15, 0.2) is 36.7 Å². The Kier molecular flexibility index (Phi) is 3.80. The third-order valence-electron chi connectivity index (χ3n) is 5.35. The van der Waals surface area contributed by atoms with E-state index in [-0.39, 0.29) is 18.6 Å². The molecule has 29 heavy (non-hydrogen) atoms. The van der Waals surface area contributed by atoms with Crippen LogP contribution in [0.4, 0.5) is 10.6 Å². The standard InChI is InChI=1S/C20H20N6O3/c1-20(2)8-6-12-4-3-5-14(22-12)15-11-29-19(28)26(15)16-7-9-25-17(23-16)13(10-21-25)18(27)24-20/h3-5,7,9-10,15H,6,8,11H2,1-2H3,(H,24,27). The van der Waals surface area contributed by atoms with Crippen molar-refractivity contribution >= 4 is 23.5 Å². The number of ether oxygens (including phenoxy) is 1. The van der Waals surface area contributed by atoms with Crippen LogP contribution in [0.5, 0.6) is 0 Å². The number of pyridine rings is 1. The quantitative estimate of drug-likeness (QED) is 0.630. The molecule has 0 saturated carbocycles. The van der Waals surface area contributed by atoms with Crippen LogP contribution in [0.25, 0.3) is 5.65 Å². The van der Waals surface area contributed by atoms with Crippen molar-refractivity contribution in [1.82, 2.24) is 24.9 Å². The Balaban J connectivity index is 1.70. The summed E-state index contributed by atoms with van der Waals surface area (Å²) in [6, 6.07) is 7.08. The average molecular weight is 392 g/mol. The van der Waals surface area contributed by atoms with Gasteiger partial charge in [-0.3, -0.25) is 9.78 Å². The van der Waals surface area contributed by atoms with Crippen LogP contribution < -0.4 is 10.2 Å². The molecule has 0 spiro atoms. The number of anilines is 1. The highest BCUT2D eigenvalue weighted by Crippen LogP contribution is 2.32. The average Bonchev–Trinajstić information content (AvgIpc) is 3.29. The number of cyclic esters (lactones) is 1. The molecule has 1 unspecified atom stereocenters. The third-order valence-corrected chi connectivity index (χ3v) is 5.35. The van der Waals surface area contributed by atoms with E-state index >= 15 is 0 Å². The van der Waals surface area contributed by atoms with E-state index in [1.807, 2.05) is 32.0 Å². The Hall–Kier alpha value is -3.49. The molecule has 2 aliphatic heterocycles. The minimum absolute atomic E-state index is 0.195. The van der Waals surface area contributed by atoms with Crippen molar-refractivity contribution in [1.29, 1.82) is 0 Å². The fourth-order valence-corrected chi connectivity index (χ4v) is 3.75. The van der Waals surface area contributed by atoms with E-state index in [4.69, 9.17) is 9.72 Å². The van der Waals surface area contributed by atoms with Crippen LogP contribution in [0.2, 0.25) is 0 Å². The third kappa shape index (κ3) is 2.98. The first-order valence-corrected chi connectivity index (χ1v) is 9.50. The Morgan fingerprint density at radius 1 is 1.21 bits per heavy atom. The summed E-state index contributed by atoms with van der Waals surface area (Å²) < 4.78 is 6.83. The monoisotopic (exact) mass is 392 g/mol.